The van der Waals surface area contributed by atoms with Gasteiger partial charge < -0.3 is 9.80 Å². The zero-order valence-electron chi connectivity index (χ0n) is 21.6. The highest BCUT2D eigenvalue weighted by Gasteiger charge is 2.23. The third-order valence-electron chi connectivity index (χ3n) is 7.43. The molecule has 1 aliphatic rings. The zero-order valence-corrected chi connectivity index (χ0v) is 21.6. The Hall–Kier alpha value is -5.08. The number of fused-ring (bicyclic) bond motifs is 3. The molecule has 0 heterocycles. The van der Waals surface area contributed by atoms with E-state index < -0.39 is 0 Å². The van der Waals surface area contributed by atoms with Crippen molar-refractivity contribution < 1.29 is 0 Å². The van der Waals surface area contributed by atoms with Gasteiger partial charge in [-0.2, -0.15) is 0 Å². The maximum absolute atomic E-state index is 2.36. The number of anilines is 6. The van der Waals surface area contributed by atoms with Gasteiger partial charge in [0.1, 0.15) is 0 Å². The third-order valence-corrected chi connectivity index (χ3v) is 7.43. The van der Waals surface area contributed by atoms with Crippen LogP contribution in [-0.2, 0) is 6.42 Å². The Kier molecular flexibility index (Phi) is 5.91. The van der Waals surface area contributed by atoms with Crippen molar-refractivity contribution in [2.24, 2.45) is 0 Å². The molecule has 0 bridgehead atoms. The van der Waals surface area contributed by atoms with E-state index in [9.17, 15) is 0 Å². The molecule has 6 aromatic rings. The number of hydrogen-bond acceptors (Lipinski definition) is 2. The summed E-state index contributed by atoms with van der Waals surface area (Å²) >= 11 is 0. The van der Waals surface area contributed by atoms with E-state index in [1.807, 2.05) is 0 Å². The predicted molar refractivity (Wildman–Crippen MR) is 164 cm³/mol. The van der Waals surface area contributed by atoms with E-state index in [0.29, 0.717) is 0 Å². The molecule has 0 aromatic heterocycles. The van der Waals surface area contributed by atoms with Gasteiger partial charge in [-0.25, -0.2) is 0 Å². The van der Waals surface area contributed by atoms with Crippen LogP contribution in [0.2, 0.25) is 0 Å². The van der Waals surface area contributed by atoms with Crippen molar-refractivity contribution in [3.05, 3.63) is 169 Å². The fraction of sp³-hybridized carbons (Fsp3) is 0.0270. The highest BCUT2D eigenvalue weighted by molar-refractivity contribution is 5.87. The van der Waals surface area contributed by atoms with E-state index >= 15 is 0 Å². The summed E-state index contributed by atoms with van der Waals surface area (Å²) in [6, 6.07) is 56.3. The standard InChI is InChI=1S/C37H28N2/c1-5-13-30(14-6-1)38(31-15-7-2-8-16-31)34-23-21-28-25-29-22-24-35(27-37(29)36(28)26-34)39(32-17-9-3-10-18-32)33-19-11-4-12-20-33/h1-24,26-27H,25H2. The van der Waals surface area contributed by atoms with Gasteiger partial charge >= 0.3 is 0 Å². The molecule has 0 saturated carbocycles. The largest absolute Gasteiger partial charge is 0.310 e. The van der Waals surface area contributed by atoms with E-state index in [1.54, 1.807) is 0 Å². The van der Waals surface area contributed by atoms with Crippen molar-refractivity contribution in [2.45, 2.75) is 6.42 Å². The summed E-state index contributed by atoms with van der Waals surface area (Å²) in [5, 5.41) is 0. The quantitative estimate of drug-likeness (QED) is 0.224. The number of nitrogens with zero attached hydrogens (tertiary/aromatic N) is 2. The Bertz CT molecular complexity index is 1500. The molecular weight excluding hydrogens is 472 g/mol. The molecule has 1 aliphatic carbocycles. The smallest absolute Gasteiger partial charge is 0.0467 e. The minimum atomic E-state index is 0.957. The summed E-state index contributed by atoms with van der Waals surface area (Å²) in [4.78, 5) is 4.67. The van der Waals surface area contributed by atoms with E-state index in [1.165, 1.54) is 22.3 Å². The number of para-hydroxylation sites is 4. The first-order valence-corrected chi connectivity index (χ1v) is 13.4. The molecule has 0 aliphatic heterocycles. The first kappa shape index (κ1) is 23.1. The second-order valence-corrected chi connectivity index (χ2v) is 9.87. The molecular formula is C37H28N2. The molecule has 2 nitrogen and oxygen atoms in total. The molecule has 0 unspecified atom stereocenters. The topological polar surface area (TPSA) is 6.48 Å². The second kappa shape index (κ2) is 10.00. The molecule has 2 heteroatoms. The van der Waals surface area contributed by atoms with Gasteiger partial charge in [0.25, 0.3) is 0 Å². The van der Waals surface area contributed by atoms with E-state index in [2.05, 4.69) is 168 Å². The molecule has 39 heavy (non-hydrogen) atoms. The lowest BCUT2D eigenvalue weighted by Crippen LogP contribution is -2.10. The summed E-state index contributed by atoms with van der Waals surface area (Å²) in [7, 11) is 0. The minimum Gasteiger partial charge on any atom is -0.310 e. The summed E-state index contributed by atoms with van der Waals surface area (Å²) < 4.78 is 0. The van der Waals surface area contributed by atoms with Gasteiger partial charge in [-0.1, -0.05) is 84.9 Å². The molecule has 0 fully saturated rings. The normalized spacial score (nSPS) is 11.5. The van der Waals surface area contributed by atoms with Gasteiger partial charge in [-0.05, 0) is 101 Å². The average molecular weight is 501 g/mol. The Labute approximate surface area is 230 Å². The lowest BCUT2D eigenvalue weighted by molar-refractivity contribution is 1.24. The fourth-order valence-corrected chi connectivity index (χ4v) is 5.62. The maximum atomic E-state index is 2.36. The van der Waals surface area contributed by atoms with Crippen LogP contribution >= 0.6 is 0 Å². The molecule has 0 saturated heterocycles. The molecule has 0 atom stereocenters. The van der Waals surface area contributed by atoms with Crippen molar-refractivity contribution in [3.8, 4) is 11.1 Å². The summed E-state index contributed by atoms with van der Waals surface area (Å²) in [6.07, 6.45) is 0.957. The van der Waals surface area contributed by atoms with Gasteiger partial charge in [0, 0.05) is 34.1 Å². The number of hydrogen-bond donors (Lipinski definition) is 0. The first-order chi connectivity index (χ1) is 19.3. The van der Waals surface area contributed by atoms with Crippen LogP contribution in [-0.4, -0.2) is 0 Å². The molecule has 0 spiro atoms. The second-order valence-electron chi connectivity index (χ2n) is 9.87. The average Bonchev–Trinajstić information content (AvgIpc) is 3.37. The third kappa shape index (κ3) is 4.36. The minimum absolute atomic E-state index is 0.957. The van der Waals surface area contributed by atoms with Crippen LogP contribution in [0.3, 0.4) is 0 Å². The lowest BCUT2D eigenvalue weighted by Gasteiger charge is -2.27. The Morgan fingerprint density at radius 3 is 0.923 bits per heavy atom. The van der Waals surface area contributed by atoms with Gasteiger partial charge in [0.2, 0.25) is 0 Å². The highest BCUT2D eigenvalue weighted by Crippen LogP contribution is 2.45. The maximum Gasteiger partial charge on any atom is 0.0467 e. The van der Waals surface area contributed by atoms with Crippen molar-refractivity contribution in [1.29, 1.82) is 0 Å². The van der Waals surface area contributed by atoms with Crippen molar-refractivity contribution in [3.63, 3.8) is 0 Å². The van der Waals surface area contributed by atoms with Crippen molar-refractivity contribution >= 4 is 34.1 Å². The SMILES string of the molecule is c1ccc(N(c2ccccc2)c2ccc3c(c2)-c2cc(N(c4ccccc4)c4ccccc4)ccc2C3)cc1. The van der Waals surface area contributed by atoms with Crippen LogP contribution in [0.25, 0.3) is 11.1 Å². The lowest BCUT2D eigenvalue weighted by atomic mass is 10.0. The van der Waals surface area contributed by atoms with Crippen molar-refractivity contribution in [2.75, 3.05) is 9.80 Å². The Morgan fingerprint density at radius 1 is 0.308 bits per heavy atom. The molecule has 7 rings (SSSR count). The Balaban J connectivity index is 1.35. The van der Waals surface area contributed by atoms with E-state index in [-0.39, 0.29) is 0 Å². The van der Waals surface area contributed by atoms with Gasteiger partial charge in [0.05, 0.1) is 0 Å². The summed E-state index contributed by atoms with van der Waals surface area (Å²) in [5.41, 5.74) is 12.3. The van der Waals surface area contributed by atoms with Gasteiger partial charge in [0.15, 0.2) is 0 Å². The van der Waals surface area contributed by atoms with Crippen LogP contribution in [0.5, 0.6) is 0 Å². The van der Waals surface area contributed by atoms with Crippen LogP contribution in [0.4, 0.5) is 34.1 Å². The number of rotatable bonds is 6. The summed E-state index contributed by atoms with van der Waals surface area (Å²) in [5.74, 6) is 0. The highest BCUT2D eigenvalue weighted by atomic mass is 15.1. The van der Waals surface area contributed by atoms with Crippen LogP contribution in [0.15, 0.2) is 158 Å². The van der Waals surface area contributed by atoms with Crippen LogP contribution in [0, 0.1) is 0 Å². The molecule has 0 N–H and O–H groups in total. The number of benzene rings is 6. The van der Waals surface area contributed by atoms with E-state index in [4.69, 9.17) is 0 Å². The fourth-order valence-electron chi connectivity index (χ4n) is 5.62. The molecule has 0 amide bonds. The monoisotopic (exact) mass is 500 g/mol. The van der Waals surface area contributed by atoms with E-state index in [0.717, 1.165) is 40.5 Å². The van der Waals surface area contributed by atoms with Crippen LogP contribution in [0.1, 0.15) is 11.1 Å². The zero-order chi connectivity index (χ0) is 26.0. The Morgan fingerprint density at radius 2 is 0.615 bits per heavy atom. The van der Waals surface area contributed by atoms with Crippen LogP contribution < -0.4 is 9.80 Å². The van der Waals surface area contributed by atoms with Crippen molar-refractivity contribution in [1.82, 2.24) is 0 Å². The predicted octanol–water partition coefficient (Wildman–Crippen LogP) is 10.2. The first-order valence-electron chi connectivity index (χ1n) is 13.4. The molecule has 0 radical (unpaired) electrons. The molecule has 6 aromatic carbocycles. The van der Waals surface area contributed by atoms with Gasteiger partial charge in [-0.3, -0.25) is 0 Å². The summed E-state index contributed by atoms with van der Waals surface area (Å²) in [6.45, 7) is 0. The van der Waals surface area contributed by atoms with Gasteiger partial charge in [-0.15, -0.1) is 0 Å². The molecule has 186 valence electrons.